The number of aryl methyl sites for hydroxylation is 3. The second kappa shape index (κ2) is 6.77. The largest absolute Gasteiger partial charge is 0.435 e. The molecule has 1 amide bonds. The van der Waals surface area contributed by atoms with Gasteiger partial charge in [-0.05, 0) is 32.8 Å². The lowest BCUT2D eigenvalue weighted by Gasteiger charge is -2.30. The monoisotopic (exact) mass is 370 g/mol. The smallest absolute Gasteiger partial charge is 0.361 e. The van der Waals surface area contributed by atoms with E-state index in [0.717, 1.165) is 25.3 Å². The lowest BCUT2D eigenvalue weighted by Crippen LogP contribution is -2.36. The lowest BCUT2D eigenvalue weighted by molar-refractivity contribution is -0.141. The van der Waals surface area contributed by atoms with Crippen LogP contribution in [0, 0.1) is 13.8 Å². The average Bonchev–Trinajstić information content (AvgIpc) is 3.00. The normalized spacial score (nSPS) is 18.8. The van der Waals surface area contributed by atoms with Gasteiger partial charge >= 0.3 is 6.18 Å². The highest BCUT2D eigenvalue weighted by Gasteiger charge is 2.38. The molecule has 1 unspecified atom stereocenters. The zero-order valence-corrected chi connectivity index (χ0v) is 14.9. The molecule has 0 N–H and O–H groups in total. The van der Waals surface area contributed by atoms with E-state index in [9.17, 15) is 18.0 Å². The molecule has 0 aliphatic carbocycles. The summed E-state index contributed by atoms with van der Waals surface area (Å²) in [7, 11) is 1.48. The predicted octanol–water partition coefficient (Wildman–Crippen LogP) is 3.80. The van der Waals surface area contributed by atoms with E-state index in [1.54, 1.807) is 18.7 Å². The van der Waals surface area contributed by atoms with Crippen LogP contribution in [0.15, 0.2) is 10.6 Å². The zero-order chi connectivity index (χ0) is 19.1. The molecule has 6 nitrogen and oxygen atoms in total. The number of halogens is 3. The third kappa shape index (κ3) is 3.34. The molecule has 9 heteroatoms. The molecule has 3 rings (SSSR count). The number of rotatable bonds is 2. The van der Waals surface area contributed by atoms with Gasteiger partial charge in [0.2, 0.25) is 0 Å². The van der Waals surface area contributed by atoms with Crippen LogP contribution < -0.4 is 0 Å². The fourth-order valence-electron chi connectivity index (χ4n) is 3.52. The Kier molecular flexibility index (Phi) is 4.81. The van der Waals surface area contributed by atoms with Gasteiger partial charge in [0.25, 0.3) is 5.91 Å². The number of hydrogen-bond donors (Lipinski definition) is 0. The first kappa shape index (κ1) is 18.5. The molecule has 0 aromatic carbocycles. The van der Waals surface area contributed by atoms with Crippen molar-refractivity contribution in [1.29, 1.82) is 0 Å². The molecule has 0 saturated carbocycles. The Bertz CT molecular complexity index is 790. The summed E-state index contributed by atoms with van der Waals surface area (Å²) in [4.78, 5) is 14.8. The van der Waals surface area contributed by atoms with Crippen molar-refractivity contribution in [3.63, 3.8) is 0 Å². The van der Waals surface area contributed by atoms with E-state index in [2.05, 4.69) is 10.3 Å². The molecule has 26 heavy (non-hydrogen) atoms. The minimum Gasteiger partial charge on any atom is -0.361 e. The van der Waals surface area contributed by atoms with Crippen LogP contribution in [0.5, 0.6) is 0 Å². The maximum atomic E-state index is 13.1. The summed E-state index contributed by atoms with van der Waals surface area (Å²) in [6, 6.07) is 0.580. The van der Waals surface area contributed by atoms with Crippen molar-refractivity contribution in [1.82, 2.24) is 19.8 Å². The molecule has 0 bridgehead atoms. The van der Waals surface area contributed by atoms with Crippen molar-refractivity contribution >= 4 is 5.91 Å². The third-order valence-corrected chi connectivity index (χ3v) is 4.81. The van der Waals surface area contributed by atoms with Crippen LogP contribution >= 0.6 is 0 Å². The number of amides is 1. The first-order valence-corrected chi connectivity index (χ1v) is 8.55. The van der Waals surface area contributed by atoms with E-state index in [0.29, 0.717) is 35.7 Å². The second-order valence-electron chi connectivity index (χ2n) is 6.64. The summed E-state index contributed by atoms with van der Waals surface area (Å²) in [5, 5.41) is 7.42. The molecule has 3 heterocycles. The van der Waals surface area contributed by atoms with Gasteiger partial charge in [-0.2, -0.15) is 18.3 Å². The SMILES string of the molecule is Cc1noc(C)c1C(=O)N1CCCCCC1c1cc(C(F)(F)F)nn1C. The van der Waals surface area contributed by atoms with Crippen LogP contribution in [-0.4, -0.2) is 32.3 Å². The van der Waals surface area contributed by atoms with Crippen molar-refractivity contribution in [2.75, 3.05) is 6.54 Å². The molecule has 142 valence electrons. The van der Waals surface area contributed by atoms with Crippen LogP contribution in [0.4, 0.5) is 13.2 Å². The van der Waals surface area contributed by atoms with E-state index < -0.39 is 17.9 Å². The van der Waals surface area contributed by atoms with E-state index >= 15 is 0 Å². The summed E-state index contributed by atoms with van der Waals surface area (Å²) >= 11 is 0. The number of alkyl halides is 3. The van der Waals surface area contributed by atoms with Crippen LogP contribution in [0.3, 0.4) is 0 Å². The number of nitrogens with zero attached hydrogens (tertiary/aromatic N) is 4. The molecule has 1 aliphatic rings. The van der Waals surface area contributed by atoms with Crippen molar-refractivity contribution < 1.29 is 22.5 Å². The summed E-state index contributed by atoms with van der Waals surface area (Å²) in [5.41, 5.74) is 0.315. The van der Waals surface area contributed by atoms with Gasteiger partial charge in [0, 0.05) is 13.6 Å². The van der Waals surface area contributed by atoms with Gasteiger partial charge in [0.1, 0.15) is 11.3 Å². The van der Waals surface area contributed by atoms with Gasteiger partial charge in [-0.25, -0.2) is 0 Å². The number of aromatic nitrogens is 3. The predicted molar refractivity (Wildman–Crippen MR) is 86.4 cm³/mol. The van der Waals surface area contributed by atoms with E-state index in [1.165, 1.54) is 11.7 Å². The van der Waals surface area contributed by atoms with Crippen molar-refractivity contribution in [3.05, 3.63) is 34.5 Å². The Morgan fingerprint density at radius 2 is 2.00 bits per heavy atom. The summed E-state index contributed by atoms with van der Waals surface area (Å²) in [6.45, 7) is 3.81. The zero-order valence-electron chi connectivity index (χ0n) is 14.9. The maximum absolute atomic E-state index is 13.1. The Morgan fingerprint density at radius 3 is 2.58 bits per heavy atom. The quantitative estimate of drug-likeness (QED) is 0.807. The van der Waals surface area contributed by atoms with E-state index in [-0.39, 0.29) is 5.91 Å². The highest BCUT2D eigenvalue weighted by atomic mass is 19.4. The molecular formula is C17H21F3N4O2. The first-order valence-electron chi connectivity index (χ1n) is 8.55. The fourth-order valence-corrected chi connectivity index (χ4v) is 3.52. The topological polar surface area (TPSA) is 64.2 Å². The molecule has 2 aromatic rings. The molecule has 0 spiro atoms. The van der Waals surface area contributed by atoms with Crippen LogP contribution in [0.1, 0.15) is 64.9 Å². The fraction of sp³-hybridized carbons (Fsp3) is 0.588. The van der Waals surface area contributed by atoms with E-state index in [4.69, 9.17) is 4.52 Å². The van der Waals surface area contributed by atoms with Crippen LogP contribution in [0.2, 0.25) is 0 Å². The van der Waals surface area contributed by atoms with Gasteiger partial charge in [0.15, 0.2) is 5.69 Å². The standard InChI is InChI=1S/C17H21F3N4O2/c1-10-15(11(2)26-22-10)16(25)24-8-6-4-5-7-12(24)13-9-14(17(18,19)20)21-23(13)3/h9,12H,4-8H2,1-3H3. The molecule has 2 aromatic heterocycles. The minimum atomic E-state index is -4.52. The Labute approximate surface area is 148 Å². The van der Waals surface area contributed by atoms with Crippen molar-refractivity contribution in [2.45, 2.75) is 51.7 Å². The van der Waals surface area contributed by atoms with Crippen LogP contribution in [-0.2, 0) is 13.2 Å². The van der Waals surface area contributed by atoms with Crippen molar-refractivity contribution in [3.8, 4) is 0 Å². The van der Waals surface area contributed by atoms with Crippen molar-refractivity contribution in [2.24, 2.45) is 7.05 Å². The molecule has 0 radical (unpaired) electrons. The van der Waals surface area contributed by atoms with Gasteiger partial charge < -0.3 is 9.42 Å². The van der Waals surface area contributed by atoms with Gasteiger partial charge in [-0.3, -0.25) is 9.48 Å². The highest BCUT2D eigenvalue weighted by molar-refractivity contribution is 5.96. The van der Waals surface area contributed by atoms with E-state index in [1.807, 2.05) is 0 Å². The molecule has 1 fully saturated rings. The summed E-state index contributed by atoms with van der Waals surface area (Å²) in [5.74, 6) is 0.152. The number of carbonyl (C=O) groups excluding carboxylic acids is 1. The lowest BCUT2D eigenvalue weighted by atomic mass is 10.0. The summed E-state index contributed by atoms with van der Waals surface area (Å²) < 4.78 is 45.4. The third-order valence-electron chi connectivity index (χ3n) is 4.81. The number of carbonyl (C=O) groups is 1. The summed E-state index contributed by atoms with van der Waals surface area (Å²) in [6.07, 6.45) is -1.37. The Morgan fingerprint density at radius 1 is 1.27 bits per heavy atom. The number of hydrogen-bond acceptors (Lipinski definition) is 4. The highest BCUT2D eigenvalue weighted by Crippen LogP contribution is 2.35. The minimum absolute atomic E-state index is 0.261. The molecule has 1 atom stereocenters. The average molecular weight is 370 g/mol. The molecule has 1 aliphatic heterocycles. The first-order chi connectivity index (χ1) is 12.2. The Balaban J connectivity index is 2.01. The number of likely N-dealkylation sites (tertiary alicyclic amines) is 1. The maximum Gasteiger partial charge on any atom is 0.435 e. The van der Waals surface area contributed by atoms with Gasteiger partial charge in [-0.1, -0.05) is 18.0 Å². The van der Waals surface area contributed by atoms with Crippen LogP contribution in [0.25, 0.3) is 0 Å². The Hall–Kier alpha value is -2.32. The van der Waals surface area contributed by atoms with Gasteiger partial charge in [0.05, 0.1) is 17.4 Å². The molecular weight excluding hydrogens is 349 g/mol. The molecule has 1 saturated heterocycles. The second-order valence-corrected chi connectivity index (χ2v) is 6.64. The van der Waals surface area contributed by atoms with Gasteiger partial charge in [-0.15, -0.1) is 0 Å².